The molecule has 8 nitrogen and oxygen atoms in total. The highest BCUT2D eigenvalue weighted by Crippen LogP contribution is 2.28. The zero-order chi connectivity index (χ0) is 26.5. The van der Waals surface area contributed by atoms with Crippen LogP contribution in [0.1, 0.15) is 69.8 Å². The molecule has 0 radical (unpaired) electrons. The topological polar surface area (TPSA) is 85.2 Å². The van der Waals surface area contributed by atoms with Gasteiger partial charge in [-0.25, -0.2) is 0 Å². The van der Waals surface area contributed by atoms with Crippen LogP contribution >= 0.6 is 8.96 Å². The number of carbonyl (C=O) groups is 1. The van der Waals surface area contributed by atoms with Crippen LogP contribution in [-0.2, 0) is 27.4 Å². The maximum atomic E-state index is 11.1. The largest absolute Gasteiger partial charge is 0.497 e. The summed E-state index contributed by atoms with van der Waals surface area (Å²) >= 11 is 0. The van der Waals surface area contributed by atoms with Crippen LogP contribution in [0.3, 0.4) is 0 Å². The van der Waals surface area contributed by atoms with Gasteiger partial charge in [-0.1, -0.05) is 25.7 Å². The lowest BCUT2D eigenvalue weighted by Crippen LogP contribution is -2.26. The standard InChI is InChI=1S/C20H30N2O2.C8H16NO3P/c1-21(2)12-11-16-14-22(15-24-17-7-5-4-6-8-17)20-13-18(23-3)9-10-19(16)20;10-8(6-9-13-11)12-7-4-2-1-3-5-7/h9-10,13-14,17H,4-8,11-12,15H2,1-3H3;7,9,11,13H,1-6H2. The van der Waals surface area contributed by atoms with E-state index in [2.05, 4.69) is 47.0 Å². The van der Waals surface area contributed by atoms with Gasteiger partial charge in [0.25, 0.3) is 0 Å². The minimum atomic E-state index is -0.388. The van der Waals surface area contributed by atoms with Gasteiger partial charge in [0.1, 0.15) is 18.6 Å². The molecule has 208 valence electrons. The molecule has 1 unspecified atom stereocenters. The van der Waals surface area contributed by atoms with Gasteiger partial charge in [-0.3, -0.25) is 9.88 Å². The van der Waals surface area contributed by atoms with Gasteiger partial charge >= 0.3 is 5.97 Å². The van der Waals surface area contributed by atoms with Crippen LogP contribution in [0.25, 0.3) is 10.9 Å². The van der Waals surface area contributed by atoms with Crippen LogP contribution in [0, 0.1) is 0 Å². The van der Waals surface area contributed by atoms with Crippen molar-refractivity contribution in [3.8, 4) is 5.75 Å². The number of likely N-dealkylation sites (N-methyl/N-ethyl adjacent to an activating group) is 1. The van der Waals surface area contributed by atoms with Crippen molar-refractivity contribution in [3.05, 3.63) is 30.0 Å². The molecular weight excluding hydrogens is 489 g/mol. The third kappa shape index (κ3) is 10.2. The number of benzene rings is 1. The highest BCUT2D eigenvalue weighted by molar-refractivity contribution is 7.28. The fourth-order valence-corrected chi connectivity index (χ4v) is 5.29. The highest BCUT2D eigenvalue weighted by atomic mass is 31.1. The fourth-order valence-electron chi connectivity index (χ4n) is 5.06. The lowest BCUT2D eigenvalue weighted by molar-refractivity contribution is -0.148. The van der Waals surface area contributed by atoms with Gasteiger partial charge in [-0.2, -0.15) is 0 Å². The number of ether oxygens (including phenoxy) is 3. The monoisotopic (exact) mass is 535 g/mol. The SMILES string of the molecule is COc1ccc2c(CCN(C)C)cn(COC3CCCCC3)c2c1.O=C(CNPO)OC1CCCCC1. The summed E-state index contributed by atoms with van der Waals surface area (Å²) in [6.07, 6.45) is 15.8. The van der Waals surface area contributed by atoms with Crippen LogP contribution in [-0.4, -0.2) is 66.8 Å². The number of hydrogen-bond donors (Lipinski definition) is 2. The van der Waals surface area contributed by atoms with E-state index in [9.17, 15) is 4.79 Å². The Labute approximate surface area is 223 Å². The highest BCUT2D eigenvalue weighted by Gasteiger charge is 2.17. The van der Waals surface area contributed by atoms with Crippen LogP contribution in [0.4, 0.5) is 0 Å². The predicted molar refractivity (Wildman–Crippen MR) is 150 cm³/mol. The normalized spacial score (nSPS) is 17.3. The minimum absolute atomic E-state index is 0.116. The Morgan fingerprint density at radius 3 is 2.38 bits per heavy atom. The quantitative estimate of drug-likeness (QED) is 0.309. The van der Waals surface area contributed by atoms with Crippen molar-refractivity contribution in [3.63, 3.8) is 0 Å². The lowest BCUT2D eigenvalue weighted by Gasteiger charge is -2.22. The van der Waals surface area contributed by atoms with E-state index in [1.54, 1.807) is 7.11 Å². The van der Waals surface area contributed by atoms with Crippen molar-refractivity contribution < 1.29 is 23.9 Å². The van der Waals surface area contributed by atoms with Gasteiger partial charge in [0.2, 0.25) is 0 Å². The molecule has 2 saturated carbocycles. The van der Waals surface area contributed by atoms with Gasteiger partial charge in [-0.05, 0) is 76.7 Å². The van der Waals surface area contributed by atoms with E-state index in [-0.39, 0.29) is 27.6 Å². The second-order valence-corrected chi connectivity index (χ2v) is 10.9. The van der Waals surface area contributed by atoms with Crippen LogP contribution < -0.4 is 9.82 Å². The summed E-state index contributed by atoms with van der Waals surface area (Å²) < 4.78 is 19.1. The van der Waals surface area contributed by atoms with E-state index >= 15 is 0 Å². The predicted octanol–water partition coefficient (Wildman–Crippen LogP) is 5.01. The summed E-state index contributed by atoms with van der Waals surface area (Å²) in [5, 5.41) is 3.86. The number of carbonyl (C=O) groups excluding carboxylic acids is 1. The Kier molecular flexibility index (Phi) is 13.2. The van der Waals surface area contributed by atoms with E-state index in [1.165, 1.54) is 55.0 Å². The number of fused-ring (bicyclic) bond motifs is 1. The molecule has 9 heteroatoms. The first-order chi connectivity index (χ1) is 18.0. The molecule has 2 fully saturated rings. The second-order valence-electron chi connectivity index (χ2n) is 10.3. The van der Waals surface area contributed by atoms with Crippen molar-refractivity contribution >= 4 is 25.8 Å². The first-order valence-corrected chi connectivity index (χ1v) is 14.7. The van der Waals surface area contributed by atoms with E-state index in [4.69, 9.17) is 19.1 Å². The minimum Gasteiger partial charge on any atom is -0.497 e. The van der Waals surface area contributed by atoms with E-state index in [0.717, 1.165) is 44.4 Å². The molecule has 2 N–H and O–H groups in total. The number of esters is 1. The molecule has 0 spiro atoms. The summed E-state index contributed by atoms with van der Waals surface area (Å²) in [5.41, 5.74) is 2.59. The van der Waals surface area contributed by atoms with Crippen molar-refractivity contribution in [2.75, 3.05) is 34.3 Å². The third-order valence-electron chi connectivity index (χ3n) is 7.16. The Morgan fingerprint density at radius 1 is 1.08 bits per heavy atom. The molecule has 1 aromatic heterocycles. The van der Waals surface area contributed by atoms with E-state index in [0.29, 0.717) is 12.8 Å². The first kappa shape index (κ1) is 29.9. The first-order valence-electron chi connectivity index (χ1n) is 13.7. The Morgan fingerprint density at radius 2 is 1.76 bits per heavy atom. The molecule has 37 heavy (non-hydrogen) atoms. The molecule has 1 aromatic carbocycles. The van der Waals surface area contributed by atoms with Gasteiger partial charge in [0.15, 0.2) is 0 Å². The third-order valence-corrected chi connectivity index (χ3v) is 7.50. The molecule has 4 rings (SSSR count). The number of nitrogens with zero attached hydrogens (tertiary/aromatic N) is 2. The Bertz CT molecular complexity index is 939. The van der Waals surface area contributed by atoms with Gasteiger partial charge < -0.3 is 28.6 Å². The average Bonchev–Trinajstić information content (AvgIpc) is 3.27. The summed E-state index contributed by atoms with van der Waals surface area (Å²) in [5.74, 6) is 0.645. The van der Waals surface area contributed by atoms with Crippen LogP contribution in [0.5, 0.6) is 5.75 Å². The zero-order valence-corrected chi connectivity index (χ0v) is 23.8. The molecule has 2 aliphatic rings. The summed E-state index contributed by atoms with van der Waals surface area (Å²) in [6.45, 7) is 1.80. The Balaban J connectivity index is 0.000000248. The Hall–Kier alpha value is -1.70. The van der Waals surface area contributed by atoms with Crippen LogP contribution in [0.2, 0.25) is 0 Å². The molecule has 2 aromatic rings. The maximum Gasteiger partial charge on any atom is 0.320 e. The number of nitrogens with one attached hydrogen (secondary N) is 1. The number of hydrogen-bond acceptors (Lipinski definition) is 7. The zero-order valence-electron chi connectivity index (χ0n) is 22.8. The molecule has 0 amide bonds. The molecule has 1 atom stereocenters. The smallest absolute Gasteiger partial charge is 0.320 e. The van der Waals surface area contributed by atoms with Gasteiger partial charge in [0, 0.05) is 24.2 Å². The molecular formula is C28H46N3O5P. The van der Waals surface area contributed by atoms with Crippen molar-refractivity contribution in [1.29, 1.82) is 0 Å². The van der Waals surface area contributed by atoms with Crippen molar-refractivity contribution in [1.82, 2.24) is 14.6 Å². The van der Waals surface area contributed by atoms with Gasteiger partial charge in [-0.15, -0.1) is 0 Å². The fraction of sp³-hybridized carbons (Fsp3) is 0.679. The van der Waals surface area contributed by atoms with Gasteiger partial charge in [0.05, 0.1) is 34.2 Å². The lowest BCUT2D eigenvalue weighted by atomic mass is 9.98. The summed E-state index contributed by atoms with van der Waals surface area (Å²) in [6, 6.07) is 6.35. The molecule has 0 saturated heterocycles. The maximum absolute atomic E-state index is 11.1. The molecule has 1 heterocycles. The summed E-state index contributed by atoms with van der Waals surface area (Å²) in [7, 11) is 5.57. The second kappa shape index (κ2) is 16.3. The average molecular weight is 536 g/mol. The molecule has 0 bridgehead atoms. The van der Waals surface area contributed by atoms with Crippen molar-refractivity contribution in [2.24, 2.45) is 0 Å². The van der Waals surface area contributed by atoms with Crippen molar-refractivity contribution in [2.45, 2.75) is 89.6 Å². The van der Waals surface area contributed by atoms with Crippen LogP contribution in [0.15, 0.2) is 24.4 Å². The molecule has 0 aliphatic heterocycles. The van der Waals surface area contributed by atoms with E-state index < -0.39 is 0 Å². The summed E-state index contributed by atoms with van der Waals surface area (Å²) in [4.78, 5) is 21.7. The van der Waals surface area contributed by atoms with E-state index in [1.807, 2.05) is 6.07 Å². The number of aromatic nitrogens is 1. The number of rotatable bonds is 11. The molecule has 2 aliphatic carbocycles. The number of methoxy groups -OCH3 is 1.